The van der Waals surface area contributed by atoms with Crippen LogP contribution in [0.5, 0.6) is 5.75 Å². The second-order valence-electron chi connectivity index (χ2n) is 5.91. The zero-order chi connectivity index (χ0) is 14.5. The van der Waals surface area contributed by atoms with E-state index in [1.807, 2.05) is 0 Å². The minimum atomic E-state index is 0.525. The molecular formula is C19H23NO. The summed E-state index contributed by atoms with van der Waals surface area (Å²) in [5, 5.41) is 3.45. The van der Waals surface area contributed by atoms with E-state index < -0.39 is 0 Å². The zero-order valence-corrected chi connectivity index (χ0v) is 12.6. The van der Waals surface area contributed by atoms with Crippen molar-refractivity contribution in [2.24, 2.45) is 0 Å². The van der Waals surface area contributed by atoms with Crippen LogP contribution in [0.1, 0.15) is 29.5 Å². The van der Waals surface area contributed by atoms with Gasteiger partial charge >= 0.3 is 0 Å². The van der Waals surface area contributed by atoms with Gasteiger partial charge in [0.05, 0.1) is 0 Å². The molecule has 1 heterocycles. The Bertz CT molecular complexity index is 553. The van der Waals surface area contributed by atoms with Gasteiger partial charge in [-0.3, -0.25) is 0 Å². The Kier molecular flexibility index (Phi) is 4.56. The van der Waals surface area contributed by atoms with Crippen molar-refractivity contribution in [2.45, 2.75) is 32.2 Å². The van der Waals surface area contributed by atoms with Gasteiger partial charge in [-0.15, -0.1) is 0 Å². The van der Waals surface area contributed by atoms with Crippen LogP contribution in [0.2, 0.25) is 0 Å². The van der Waals surface area contributed by atoms with Gasteiger partial charge in [0.1, 0.15) is 12.4 Å². The molecule has 1 aliphatic heterocycles. The van der Waals surface area contributed by atoms with Crippen LogP contribution in [-0.2, 0) is 6.42 Å². The number of hydrogen-bond acceptors (Lipinski definition) is 2. The topological polar surface area (TPSA) is 21.3 Å². The van der Waals surface area contributed by atoms with Crippen LogP contribution in [0.15, 0.2) is 48.5 Å². The van der Waals surface area contributed by atoms with Gasteiger partial charge in [0, 0.05) is 6.04 Å². The van der Waals surface area contributed by atoms with E-state index >= 15 is 0 Å². The van der Waals surface area contributed by atoms with Gasteiger partial charge in [-0.25, -0.2) is 0 Å². The van der Waals surface area contributed by atoms with Crippen molar-refractivity contribution >= 4 is 0 Å². The lowest BCUT2D eigenvalue weighted by molar-refractivity contribution is 0.277. The third-order valence-corrected chi connectivity index (χ3v) is 4.07. The molecule has 1 fully saturated rings. The zero-order valence-electron chi connectivity index (χ0n) is 12.6. The molecule has 21 heavy (non-hydrogen) atoms. The molecule has 0 bridgehead atoms. The Morgan fingerprint density at radius 3 is 2.29 bits per heavy atom. The largest absolute Gasteiger partial charge is 0.492 e. The molecule has 1 N–H and O–H groups in total. The molecule has 2 aromatic rings. The molecule has 0 amide bonds. The number of rotatable bonds is 5. The highest BCUT2D eigenvalue weighted by Crippen LogP contribution is 2.17. The summed E-state index contributed by atoms with van der Waals surface area (Å²) < 4.78 is 5.85. The Morgan fingerprint density at radius 1 is 1.00 bits per heavy atom. The van der Waals surface area contributed by atoms with E-state index in [9.17, 15) is 0 Å². The number of benzene rings is 2. The highest BCUT2D eigenvalue weighted by Gasteiger charge is 2.14. The van der Waals surface area contributed by atoms with Gasteiger partial charge in [0.2, 0.25) is 0 Å². The van der Waals surface area contributed by atoms with E-state index in [2.05, 4.69) is 60.8 Å². The first-order chi connectivity index (χ1) is 10.3. The van der Waals surface area contributed by atoms with Gasteiger partial charge in [0.25, 0.3) is 0 Å². The first-order valence-electron chi connectivity index (χ1n) is 7.80. The molecular weight excluding hydrogens is 258 g/mol. The molecule has 1 unspecified atom stereocenters. The molecule has 2 heteroatoms. The van der Waals surface area contributed by atoms with Crippen molar-refractivity contribution in [3.05, 3.63) is 65.2 Å². The van der Waals surface area contributed by atoms with Gasteiger partial charge < -0.3 is 10.1 Å². The summed E-state index contributed by atoms with van der Waals surface area (Å²) in [4.78, 5) is 0. The summed E-state index contributed by atoms with van der Waals surface area (Å²) in [6.07, 6.45) is 3.47. The first kappa shape index (κ1) is 14.2. The van der Waals surface area contributed by atoms with Crippen LogP contribution in [-0.4, -0.2) is 19.2 Å². The lowest BCUT2D eigenvalue weighted by Crippen LogP contribution is -2.28. The van der Waals surface area contributed by atoms with Crippen molar-refractivity contribution < 1.29 is 4.74 Å². The highest BCUT2D eigenvalue weighted by molar-refractivity contribution is 5.32. The Morgan fingerprint density at radius 2 is 1.67 bits per heavy atom. The summed E-state index contributed by atoms with van der Waals surface area (Å²) in [6, 6.07) is 17.8. The molecule has 1 saturated heterocycles. The Hall–Kier alpha value is -1.80. The fourth-order valence-corrected chi connectivity index (χ4v) is 2.74. The standard InChI is InChI=1S/C19H23NO/c1-15-4-6-16(7-5-15)13-17-8-10-19(11-9-17)21-14-18-3-2-12-20-18/h4-11,18,20H,2-3,12-14H2,1H3. The van der Waals surface area contributed by atoms with Crippen molar-refractivity contribution in [2.75, 3.05) is 13.2 Å². The van der Waals surface area contributed by atoms with E-state index in [0.29, 0.717) is 6.04 Å². The smallest absolute Gasteiger partial charge is 0.119 e. The molecule has 0 aliphatic carbocycles. The SMILES string of the molecule is Cc1ccc(Cc2ccc(OCC3CCCN3)cc2)cc1. The van der Waals surface area contributed by atoms with E-state index in [1.165, 1.54) is 29.5 Å². The van der Waals surface area contributed by atoms with Gasteiger partial charge in [-0.1, -0.05) is 42.0 Å². The monoisotopic (exact) mass is 281 g/mol. The third-order valence-electron chi connectivity index (χ3n) is 4.07. The summed E-state index contributed by atoms with van der Waals surface area (Å²) in [6.45, 7) is 4.02. The van der Waals surface area contributed by atoms with Crippen LogP contribution in [0.3, 0.4) is 0 Å². The normalized spacial score (nSPS) is 17.9. The van der Waals surface area contributed by atoms with Gasteiger partial charge in [-0.2, -0.15) is 0 Å². The molecule has 0 radical (unpaired) electrons. The van der Waals surface area contributed by atoms with E-state index in [1.54, 1.807) is 0 Å². The fourth-order valence-electron chi connectivity index (χ4n) is 2.74. The molecule has 1 aliphatic rings. The van der Waals surface area contributed by atoms with Crippen molar-refractivity contribution in [1.29, 1.82) is 0 Å². The maximum atomic E-state index is 5.85. The molecule has 2 nitrogen and oxygen atoms in total. The molecule has 2 aromatic carbocycles. The average molecular weight is 281 g/mol. The maximum Gasteiger partial charge on any atom is 0.119 e. The maximum absolute atomic E-state index is 5.85. The molecule has 1 atom stereocenters. The summed E-state index contributed by atoms with van der Waals surface area (Å²) >= 11 is 0. The minimum Gasteiger partial charge on any atom is -0.492 e. The predicted octanol–water partition coefficient (Wildman–Crippen LogP) is 3.72. The average Bonchev–Trinajstić information content (AvgIpc) is 3.02. The second kappa shape index (κ2) is 6.77. The van der Waals surface area contributed by atoms with E-state index in [-0.39, 0.29) is 0 Å². The lowest BCUT2D eigenvalue weighted by Gasteiger charge is -2.12. The molecule has 3 rings (SSSR count). The van der Waals surface area contributed by atoms with E-state index in [4.69, 9.17) is 4.74 Å². The van der Waals surface area contributed by atoms with Crippen molar-refractivity contribution in [3.8, 4) is 5.75 Å². The quantitative estimate of drug-likeness (QED) is 0.902. The van der Waals surface area contributed by atoms with E-state index in [0.717, 1.165) is 25.3 Å². The molecule has 0 aromatic heterocycles. The summed E-state index contributed by atoms with van der Waals surface area (Å²) in [7, 11) is 0. The predicted molar refractivity (Wildman–Crippen MR) is 86.9 cm³/mol. The van der Waals surface area contributed by atoms with Gasteiger partial charge in [0.15, 0.2) is 0 Å². The number of hydrogen-bond donors (Lipinski definition) is 1. The number of nitrogens with one attached hydrogen (secondary N) is 1. The first-order valence-corrected chi connectivity index (χ1v) is 7.80. The van der Waals surface area contributed by atoms with Crippen LogP contribution >= 0.6 is 0 Å². The number of aryl methyl sites for hydroxylation is 1. The number of ether oxygens (including phenoxy) is 1. The molecule has 0 spiro atoms. The molecule has 110 valence electrons. The van der Waals surface area contributed by atoms with Crippen molar-refractivity contribution in [1.82, 2.24) is 5.32 Å². The molecule has 0 saturated carbocycles. The highest BCUT2D eigenvalue weighted by atomic mass is 16.5. The van der Waals surface area contributed by atoms with Crippen LogP contribution in [0.4, 0.5) is 0 Å². The van der Waals surface area contributed by atoms with Crippen LogP contribution in [0, 0.1) is 6.92 Å². The fraction of sp³-hybridized carbons (Fsp3) is 0.368. The summed E-state index contributed by atoms with van der Waals surface area (Å²) in [5.74, 6) is 0.969. The third kappa shape index (κ3) is 4.08. The van der Waals surface area contributed by atoms with Gasteiger partial charge in [-0.05, 0) is 56.0 Å². The Labute approximate surface area is 127 Å². The van der Waals surface area contributed by atoms with Crippen LogP contribution in [0.25, 0.3) is 0 Å². The Balaban J connectivity index is 1.54. The van der Waals surface area contributed by atoms with Crippen molar-refractivity contribution in [3.63, 3.8) is 0 Å². The van der Waals surface area contributed by atoms with Crippen LogP contribution < -0.4 is 10.1 Å². The lowest BCUT2D eigenvalue weighted by atomic mass is 10.0. The summed E-state index contributed by atoms with van der Waals surface area (Å²) in [5.41, 5.74) is 3.98. The minimum absolute atomic E-state index is 0.525. The second-order valence-corrected chi connectivity index (χ2v) is 5.91.